The van der Waals surface area contributed by atoms with Gasteiger partial charge >= 0.3 is 0 Å². The van der Waals surface area contributed by atoms with Crippen LogP contribution < -0.4 is 0 Å². The first kappa shape index (κ1) is 16.2. The van der Waals surface area contributed by atoms with Gasteiger partial charge in [0.2, 0.25) is 0 Å². The van der Waals surface area contributed by atoms with E-state index in [2.05, 4.69) is 53.0 Å². The van der Waals surface area contributed by atoms with Gasteiger partial charge in [-0.3, -0.25) is 0 Å². The minimum absolute atomic E-state index is 0.818. The lowest BCUT2D eigenvalue weighted by atomic mass is 9.97. The first-order valence-electron chi connectivity index (χ1n) is 8.72. The predicted molar refractivity (Wildman–Crippen MR) is 94.7 cm³/mol. The molecule has 2 heterocycles. The first-order valence-corrected chi connectivity index (χ1v) is 8.72. The van der Waals surface area contributed by atoms with Crippen LogP contribution in [0.3, 0.4) is 0 Å². The van der Waals surface area contributed by atoms with E-state index in [9.17, 15) is 0 Å². The summed E-state index contributed by atoms with van der Waals surface area (Å²) in [6.07, 6.45) is 8.35. The molecule has 0 radical (unpaired) electrons. The number of rotatable bonds is 6. The number of aromatic nitrogens is 2. The predicted octanol–water partition coefficient (Wildman–Crippen LogP) is 3.04. The van der Waals surface area contributed by atoms with Gasteiger partial charge in [0.25, 0.3) is 0 Å². The first-order chi connectivity index (χ1) is 11.2. The zero-order valence-corrected chi connectivity index (χ0v) is 14.4. The van der Waals surface area contributed by atoms with Gasteiger partial charge in [-0.2, -0.15) is 0 Å². The Morgan fingerprint density at radius 3 is 2.78 bits per heavy atom. The summed E-state index contributed by atoms with van der Waals surface area (Å²) in [6.45, 7) is 8.23. The van der Waals surface area contributed by atoms with Crippen molar-refractivity contribution in [2.24, 2.45) is 5.92 Å². The van der Waals surface area contributed by atoms with Gasteiger partial charge in [0.1, 0.15) is 0 Å². The molecule has 1 aliphatic heterocycles. The van der Waals surface area contributed by atoms with Crippen LogP contribution in [0.2, 0.25) is 0 Å². The van der Waals surface area contributed by atoms with E-state index in [1.807, 2.05) is 23.3 Å². The van der Waals surface area contributed by atoms with Crippen LogP contribution in [-0.2, 0) is 6.54 Å². The summed E-state index contributed by atoms with van der Waals surface area (Å²) in [4.78, 5) is 9.15. The maximum atomic E-state index is 4.10. The minimum atomic E-state index is 0.818. The summed E-state index contributed by atoms with van der Waals surface area (Å²) in [5.74, 6) is 0.818. The highest BCUT2D eigenvalue weighted by Crippen LogP contribution is 2.18. The van der Waals surface area contributed by atoms with E-state index >= 15 is 0 Å². The molecule has 124 valence electrons. The number of imidazole rings is 1. The summed E-state index contributed by atoms with van der Waals surface area (Å²) in [6, 6.07) is 8.80. The molecule has 1 aliphatic rings. The highest BCUT2D eigenvalue weighted by Gasteiger charge is 2.19. The van der Waals surface area contributed by atoms with E-state index in [0.717, 1.165) is 12.5 Å². The topological polar surface area (TPSA) is 24.3 Å². The van der Waals surface area contributed by atoms with Gasteiger partial charge in [0, 0.05) is 37.7 Å². The molecule has 23 heavy (non-hydrogen) atoms. The molecule has 1 saturated heterocycles. The molecule has 0 spiro atoms. The fourth-order valence-electron chi connectivity index (χ4n) is 3.59. The Labute approximate surface area is 139 Å². The lowest BCUT2D eigenvalue weighted by molar-refractivity contribution is 0.146. The Kier molecular flexibility index (Phi) is 5.47. The standard InChI is InChI=1S/C19H28N4/c1-3-22-11-4-5-18(15-22)14-21(2)13-17-6-8-19(9-7-17)23-12-10-20-16-23/h6-10,12,16,18H,3-5,11,13-15H2,1-2H3/t18-/m0/s1. The van der Waals surface area contributed by atoms with Gasteiger partial charge in [-0.15, -0.1) is 0 Å². The highest BCUT2D eigenvalue weighted by atomic mass is 15.1. The molecule has 0 amide bonds. The Bertz CT molecular complexity index is 576. The van der Waals surface area contributed by atoms with Crippen LogP contribution in [0, 0.1) is 5.92 Å². The van der Waals surface area contributed by atoms with Crippen LogP contribution in [0.4, 0.5) is 0 Å². The van der Waals surface area contributed by atoms with Crippen LogP contribution in [0.15, 0.2) is 43.0 Å². The van der Waals surface area contributed by atoms with Crippen molar-refractivity contribution in [3.8, 4) is 5.69 Å². The molecule has 1 aromatic heterocycles. The molecule has 4 nitrogen and oxygen atoms in total. The summed E-state index contributed by atoms with van der Waals surface area (Å²) < 4.78 is 2.04. The second kappa shape index (κ2) is 7.75. The third kappa shape index (κ3) is 4.43. The summed E-state index contributed by atoms with van der Waals surface area (Å²) in [5, 5.41) is 0. The number of likely N-dealkylation sites (tertiary alicyclic amines) is 1. The maximum Gasteiger partial charge on any atom is 0.0991 e. The van der Waals surface area contributed by atoms with Crippen LogP contribution in [-0.4, -0.2) is 52.6 Å². The van der Waals surface area contributed by atoms with Gasteiger partial charge in [-0.1, -0.05) is 19.1 Å². The van der Waals surface area contributed by atoms with Crippen molar-refractivity contribution < 1.29 is 0 Å². The van der Waals surface area contributed by atoms with Crippen molar-refractivity contribution in [2.75, 3.05) is 33.2 Å². The molecular formula is C19H28N4. The van der Waals surface area contributed by atoms with E-state index in [1.54, 1.807) is 0 Å². The molecule has 0 bridgehead atoms. The SMILES string of the molecule is CCN1CCC[C@@H](CN(C)Cc2ccc(-n3ccnc3)cc2)C1. The molecule has 1 fully saturated rings. The molecule has 0 N–H and O–H groups in total. The van der Waals surface area contributed by atoms with Crippen molar-refractivity contribution in [3.63, 3.8) is 0 Å². The lowest BCUT2D eigenvalue weighted by Crippen LogP contribution is -2.39. The zero-order chi connectivity index (χ0) is 16.1. The average molecular weight is 312 g/mol. The zero-order valence-electron chi connectivity index (χ0n) is 14.4. The molecule has 4 heteroatoms. The molecule has 1 atom stereocenters. The monoisotopic (exact) mass is 312 g/mol. The van der Waals surface area contributed by atoms with Crippen molar-refractivity contribution in [1.82, 2.24) is 19.4 Å². The van der Waals surface area contributed by atoms with E-state index in [4.69, 9.17) is 0 Å². The van der Waals surface area contributed by atoms with Crippen LogP contribution in [0.1, 0.15) is 25.3 Å². The summed E-state index contributed by atoms with van der Waals surface area (Å²) in [5.41, 5.74) is 2.54. The second-order valence-corrected chi connectivity index (χ2v) is 6.73. The third-order valence-corrected chi connectivity index (χ3v) is 4.81. The van der Waals surface area contributed by atoms with Gasteiger partial charge in [-0.05, 0) is 56.6 Å². The van der Waals surface area contributed by atoms with Gasteiger partial charge in [0.15, 0.2) is 0 Å². The van der Waals surface area contributed by atoms with E-state index in [-0.39, 0.29) is 0 Å². The maximum absolute atomic E-state index is 4.10. The number of benzene rings is 1. The van der Waals surface area contributed by atoms with E-state index in [1.165, 1.54) is 50.3 Å². The fraction of sp³-hybridized carbons (Fsp3) is 0.526. The number of piperidine rings is 1. The molecule has 2 aromatic rings. The van der Waals surface area contributed by atoms with E-state index < -0.39 is 0 Å². The smallest absolute Gasteiger partial charge is 0.0991 e. The van der Waals surface area contributed by atoms with Crippen molar-refractivity contribution in [3.05, 3.63) is 48.5 Å². The largest absolute Gasteiger partial charge is 0.306 e. The van der Waals surface area contributed by atoms with Crippen LogP contribution in [0.5, 0.6) is 0 Å². The van der Waals surface area contributed by atoms with Crippen LogP contribution in [0.25, 0.3) is 5.69 Å². The quantitative estimate of drug-likeness (QED) is 0.819. The van der Waals surface area contributed by atoms with Gasteiger partial charge in [0.05, 0.1) is 6.33 Å². The molecule has 0 saturated carbocycles. The Morgan fingerprint density at radius 1 is 1.26 bits per heavy atom. The molecule has 3 rings (SSSR count). The van der Waals surface area contributed by atoms with Crippen molar-refractivity contribution >= 4 is 0 Å². The molecule has 0 aliphatic carbocycles. The highest BCUT2D eigenvalue weighted by molar-refractivity contribution is 5.34. The fourth-order valence-corrected chi connectivity index (χ4v) is 3.59. The number of hydrogen-bond acceptors (Lipinski definition) is 3. The second-order valence-electron chi connectivity index (χ2n) is 6.73. The summed E-state index contributed by atoms with van der Waals surface area (Å²) in [7, 11) is 2.24. The Balaban J connectivity index is 1.52. The van der Waals surface area contributed by atoms with Crippen molar-refractivity contribution in [1.29, 1.82) is 0 Å². The van der Waals surface area contributed by atoms with E-state index in [0.29, 0.717) is 0 Å². The lowest BCUT2D eigenvalue weighted by Gasteiger charge is -2.34. The van der Waals surface area contributed by atoms with Crippen LogP contribution >= 0.6 is 0 Å². The summed E-state index contributed by atoms with van der Waals surface area (Å²) >= 11 is 0. The number of nitrogens with zero attached hydrogens (tertiary/aromatic N) is 4. The molecule has 0 unspecified atom stereocenters. The van der Waals surface area contributed by atoms with Crippen molar-refractivity contribution in [2.45, 2.75) is 26.3 Å². The Morgan fingerprint density at radius 2 is 2.09 bits per heavy atom. The minimum Gasteiger partial charge on any atom is -0.306 e. The van der Waals surface area contributed by atoms with Gasteiger partial charge < -0.3 is 14.4 Å². The number of hydrogen-bond donors (Lipinski definition) is 0. The van der Waals surface area contributed by atoms with Gasteiger partial charge in [-0.25, -0.2) is 4.98 Å². The third-order valence-electron chi connectivity index (χ3n) is 4.81. The normalized spacial score (nSPS) is 19.3. The Hall–Kier alpha value is -1.65. The average Bonchev–Trinajstić information content (AvgIpc) is 3.10. The molecular weight excluding hydrogens is 284 g/mol. The molecule has 1 aromatic carbocycles.